The second kappa shape index (κ2) is 6.14. The maximum absolute atomic E-state index is 11.7. The van der Waals surface area contributed by atoms with Gasteiger partial charge in [0.25, 0.3) is 0 Å². The van der Waals surface area contributed by atoms with Gasteiger partial charge in [0, 0.05) is 15.6 Å². The lowest BCUT2D eigenvalue weighted by Gasteiger charge is -2.21. The number of rotatable bonds is 2. The SMILES string of the molecule is CC(C)(C)OC(=O)N[C@@H](C#N)c1c(Cl)cccc1Cl. The molecule has 1 aromatic rings. The number of alkyl carbamates (subject to hydrolysis) is 1. The average molecular weight is 301 g/mol. The van der Waals surface area contributed by atoms with E-state index in [1.54, 1.807) is 39.0 Å². The molecule has 1 N–H and O–H groups in total. The number of amides is 1. The number of benzene rings is 1. The van der Waals surface area contributed by atoms with Crippen LogP contribution >= 0.6 is 23.2 Å². The van der Waals surface area contributed by atoms with Gasteiger partial charge in [-0.1, -0.05) is 29.3 Å². The third-order valence-corrected chi connectivity index (χ3v) is 2.74. The van der Waals surface area contributed by atoms with E-state index in [9.17, 15) is 4.79 Å². The summed E-state index contributed by atoms with van der Waals surface area (Å²) in [6.45, 7) is 5.20. The molecule has 0 aromatic heterocycles. The molecular formula is C13H14Cl2N2O2. The lowest BCUT2D eigenvalue weighted by atomic mass is 10.1. The fraction of sp³-hybridized carbons (Fsp3) is 0.385. The van der Waals surface area contributed by atoms with Crippen LogP contribution < -0.4 is 5.32 Å². The fourth-order valence-electron chi connectivity index (χ4n) is 1.38. The molecule has 0 fully saturated rings. The van der Waals surface area contributed by atoms with E-state index < -0.39 is 17.7 Å². The summed E-state index contributed by atoms with van der Waals surface area (Å²) in [6.07, 6.45) is -0.699. The molecule has 0 aliphatic heterocycles. The Balaban J connectivity index is 2.92. The van der Waals surface area contributed by atoms with Gasteiger partial charge in [-0.25, -0.2) is 4.79 Å². The van der Waals surface area contributed by atoms with Crippen molar-refractivity contribution in [3.8, 4) is 6.07 Å². The minimum Gasteiger partial charge on any atom is -0.444 e. The van der Waals surface area contributed by atoms with Crippen molar-refractivity contribution in [2.75, 3.05) is 0 Å². The third kappa shape index (κ3) is 4.62. The molecule has 0 unspecified atom stereocenters. The van der Waals surface area contributed by atoms with Crippen molar-refractivity contribution >= 4 is 29.3 Å². The summed E-state index contributed by atoms with van der Waals surface area (Å²) in [5, 5.41) is 12.2. The molecule has 0 spiro atoms. The summed E-state index contributed by atoms with van der Waals surface area (Å²) < 4.78 is 5.08. The Morgan fingerprint density at radius 3 is 2.32 bits per heavy atom. The van der Waals surface area contributed by atoms with Crippen LogP contribution in [-0.2, 0) is 4.74 Å². The van der Waals surface area contributed by atoms with E-state index in [1.165, 1.54) is 0 Å². The number of carbonyl (C=O) groups excluding carboxylic acids is 1. The first kappa shape index (κ1) is 15.6. The Bertz CT molecular complexity index is 498. The van der Waals surface area contributed by atoms with Gasteiger partial charge in [-0.2, -0.15) is 5.26 Å². The Hall–Kier alpha value is -1.44. The third-order valence-electron chi connectivity index (χ3n) is 2.08. The molecule has 0 aliphatic carbocycles. The Morgan fingerprint density at radius 1 is 1.37 bits per heavy atom. The van der Waals surface area contributed by atoms with Crippen LogP contribution in [0.4, 0.5) is 4.79 Å². The number of nitriles is 1. The number of hydrogen-bond donors (Lipinski definition) is 1. The van der Waals surface area contributed by atoms with Crippen molar-refractivity contribution in [2.45, 2.75) is 32.4 Å². The topological polar surface area (TPSA) is 62.1 Å². The predicted octanol–water partition coefficient (Wildman–Crippen LogP) is 4.08. The van der Waals surface area contributed by atoms with Crippen molar-refractivity contribution in [3.63, 3.8) is 0 Å². The second-order valence-electron chi connectivity index (χ2n) is 4.84. The highest BCUT2D eigenvalue weighted by atomic mass is 35.5. The van der Waals surface area contributed by atoms with Gasteiger partial charge >= 0.3 is 6.09 Å². The predicted molar refractivity (Wildman–Crippen MR) is 74.2 cm³/mol. The van der Waals surface area contributed by atoms with Crippen molar-refractivity contribution in [2.24, 2.45) is 0 Å². The highest BCUT2D eigenvalue weighted by molar-refractivity contribution is 6.36. The monoisotopic (exact) mass is 300 g/mol. The molecular weight excluding hydrogens is 287 g/mol. The van der Waals surface area contributed by atoms with Crippen LogP contribution in [-0.4, -0.2) is 11.7 Å². The molecule has 4 nitrogen and oxygen atoms in total. The lowest BCUT2D eigenvalue weighted by Crippen LogP contribution is -2.34. The van der Waals surface area contributed by atoms with Crippen molar-refractivity contribution in [1.29, 1.82) is 5.26 Å². The van der Waals surface area contributed by atoms with E-state index in [2.05, 4.69) is 5.32 Å². The molecule has 6 heteroatoms. The van der Waals surface area contributed by atoms with Gasteiger partial charge in [0.15, 0.2) is 0 Å². The molecule has 0 heterocycles. The van der Waals surface area contributed by atoms with Crippen LogP contribution in [0.5, 0.6) is 0 Å². The molecule has 1 aromatic carbocycles. The fourth-order valence-corrected chi connectivity index (χ4v) is 2.00. The Morgan fingerprint density at radius 2 is 1.89 bits per heavy atom. The largest absolute Gasteiger partial charge is 0.444 e. The smallest absolute Gasteiger partial charge is 0.408 e. The Kier molecular flexibility index (Phi) is 5.04. The van der Waals surface area contributed by atoms with Crippen molar-refractivity contribution in [3.05, 3.63) is 33.8 Å². The van der Waals surface area contributed by atoms with Gasteiger partial charge in [0.05, 0.1) is 6.07 Å². The molecule has 19 heavy (non-hydrogen) atoms. The molecule has 0 saturated heterocycles. The number of halogens is 2. The van der Waals surface area contributed by atoms with Gasteiger partial charge in [-0.3, -0.25) is 0 Å². The molecule has 1 rings (SSSR count). The number of carbonyl (C=O) groups is 1. The van der Waals surface area contributed by atoms with Gasteiger partial charge in [0.2, 0.25) is 0 Å². The summed E-state index contributed by atoms with van der Waals surface area (Å²) in [6, 6.07) is 5.84. The van der Waals surface area contributed by atoms with Gasteiger partial charge < -0.3 is 10.1 Å². The summed E-state index contributed by atoms with van der Waals surface area (Å²) >= 11 is 12.0. The summed E-state index contributed by atoms with van der Waals surface area (Å²) in [5.74, 6) is 0. The molecule has 0 aliphatic rings. The van der Waals surface area contributed by atoms with E-state index in [1.807, 2.05) is 6.07 Å². The number of nitrogens with one attached hydrogen (secondary N) is 1. The van der Waals surface area contributed by atoms with E-state index in [0.29, 0.717) is 15.6 Å². The zero-order valence-corrected chi connectivity index (χ0v) is 12.3. The van der Waals surface area contributed by atoms with Crippen LogP contribution in [0.15, 0.2) is 18.2 Å². The number of hydrogen-bond acceptors (Lipinski definition) is 3. The molecule has 0 radical (unpaired) electrons. The first-order valence-corrected chi connectivity index (χ1v) is 6.33. The molecule has 102 valence electrons. The van der Waals surface area contributed by atoms with E-state index in [0.717, 1.165) is 0 Å². The van der Waals surface area contributed by atoms with Crippen LogP contribution in [0.3, 0.4) is 0 Å². The Labute approximate surface area is 122 Å². The van der Waals surface area contributed by atoms with Crippen molar-refractivity contribution < 1.29 is 9.53 Å². The maximum Gasteiger partial charge on any atom is 0.408 e. The van der Waals surface area contributed by atoms with Crippen LogP contribution in [0.1, 0.15) is 32.4 Å². The van der Waals surface area contributed by atoms with E-state index in [-0.39, 0.29) is 0 Å². The lowest BCUT2D eigenvalue weighted by molar-refractivity contribution is 0.0515. The number of nitrogens with zero attached hydrogens (tertiary/aromatic N) is 1. The van der Waals surface area contributed by atoms with Crippen LogP contribution in [0, 0.1) is 11.3 Å². The average Bonchev–Trinajstić information content (AvgIpc) is 2.24. The minimum absolute atomic E-state index is 0.315. The van der Waals surface area contributed by atoms with E-state index >= 15 is 0 Å². The number of ether oxygens (including phenoxy) is 1. The molecule has 1 atom stereocenters. The summed E-state index contributed by atoms with van der Waals surface area (Å²) in [5.41, 5.74) is -0.284. The molecule has 0 saturated carbocycles. The standard InChI is InChI=1S/C13H14Cl2N2O2/c1-13(2,3)19-12(18)17-10(7-16)11-8(14)5-4-6-9(11)15/h4-6,10H,1-3H3,(H,17,18)/t10-/m0/s1. The molecule has 1 amide bonds. The van der Waals surface area contributed by atoms with Gasteiger partial charge in [0.1, 0.15) is 11.6 Å². The van der Waals surface area contributed by atoms with Gasteiger partial charge in [-0.05, 0) is 32.9 Å². The van der Waals surface area contributed by atoms with E-state index in [4.69, 9.17) is 33.2 Å². The minimum atomic E-state index is -0.962. The zero-order valence-electron chi connectivity index (χ0n) is 10.8. The second-order valence-corrected chi connectivity index (χ2v) is 5.66. The highest BCUT2D eigenvalue weighted by Gasteiger charge is 2.23. The van der Waals surface area contributed by atoms with Crippen LogP contribution in [0.25, 0.3) is 0 Å². The highest BCUT2D eigenvalue weighted by Crippen LogP contribution is 2.30. The van der Waals surface area contributed by atoms with Gasteiger partial charge in [-0.15, -0.1) is 0 Å². The van der Waals surface area contributed by atoms with Crippen LogP contribution in [0.2, 0.25) is 10.0 Å². The normalized spacial score (nSPS) is 12.4. The first-order valence-electron chi connectivity index (χ1n) is 5.57. The zero-order chi connectivity index (χ0) is 14.6. The summed E-state index contributed by atoms with van der Waals surface area (Å²) in [4.78, 5) is 11.7. The summed E-state index contributed by atoms with van der Waals surface area (Å²) in [7, 11) is 0. The quantitative estimate of drug-likeness (QED) is 0.895. The maximum atomic E-state index is 11.7. The first-order chi connectivity index (χ1) is 8.74. The molecule has 0 bridgehead atoms. The van der Waals surface area contributed by atoms with Crippen molar-refractivity contribution in [1.82, 2.24) is 5.32 Å².